The molecule has 0 aliphatic rings. The highest BCUT2D eigenvalue weighted by atomic mass is 35.5. The van der Waals surface area contributed by atoms with E-state index in [1.165, 1.54) is 0 Å². The molecule has 5 heteroatoms. The first kappa shape index (κ1) is 14.9. The first-order valence-corrected chi connectivity index (χ1v) is 7.26. The number of phenols is 1. The number of nitrogens with one attached hydrogen (secondary N) is 1. The van der Waals surface area contributed by atoms with Gasteiger partial charge >= 0.3 is 0 Å². The number of halogens is 1. The Hall–Kier alpha value is -1.52. The molecule has 2 N–H and O–H groups in total. The number of hydrogen-bond donors (Lipinski definition) is 2. The Morgan fingerprint density at radius 2 is 1.90 bits per heavy atom. The summed E-state index contributed by atoms with van der Waals surface area (Å²) in [5.74, 6) is 0.286. The summed E-state index contributed by atoms with van der Waals surface area (Å²) in [6, 6.07) is 7.18. The smallest absolute Gasteiger partial charge is 0.115 e. The minimum Gasteiger partial charge on any atom is -0.508 e. The topological polar surface area (TPSA) is 50.1 Å². The molecule has 0 fully saturated rings. The molecule has 0 spiro atoms. The monoisotopic (exact) mass is 293 g/mol. The lowest BCUT2D eigenvalue weighted by molar-refractivity contribution is 0.475. The van der Waals surface area contributed by atoms with Crippen molar-refractivity contribution in [1.82, 2.24) is 15.1 Å². The highest BCUT2D eigenvalue weighted by Crippen LogP contribution is 2.21. The number of aromatic nitrogens is 2. The van der Waals surface area contributed by atoms with Gasteiger partial charge in [0.15, 0.2) is 0 Å². The van der Waals surface area contributed by atoms with E-state index in [4.69, 9.17) is 11.6 Å². The Morgan fingerprint density at radius 3 is 2.50 bits per heavy atom. The van der Waals surface area contributed by atoms with Crippen LogP contribution in [0.15, 0.2) is 24.3 Å². The number of benzene rings is 1. The summed E-state index contributed by atoms with van der Waals surface area (Å²) < 4.78 is 1.95. The van der Waals surface area contributed by atoms with Crippen LogP contribution in [0, 0.1) is 0 Å². The number of aryl methyl sites for hydroxylation is 2. The van der Waals surface area contributed by atoms with Gasteiger partial charge in [-0.25, -0.2) is 0 Å². The third-order valence-electron chi connectivity index (χ3n) is 3.25. The minimum atomic E-state index is 0.286. The molecule has 0 unspecified atom stereocenters. The van der Waals surface area contributed by atoms with Crippen LogP contribution in [0.2, 0.25) is 5.02 Å². The van der Waals surface area contributed by atoms with Crippen LogP contribution in [-0.2, 0) is 26.1 Å². The van der Waals surface area contributed by atoms with Crippen molar-refractivity contribution < 1.29 is 5.11 Å². The molecule has 2 rings (SSSR count). The molecule has 1 aromatic heterocycles. The molecule has 0 radical (unpaired) electrons. The standard InChI is InChI=1S/C15H20ClN3O/c1-3-13-15(16)14(19(4-2)18-13)10-17-9-11-5-7-12(20)8-6-11/h5-8,17,20H,3-4,9-10H2,1-2H3. The summed E-state index contributed by atoms with van der Waals surface area (Å²) in [6.45, 7) is 6.34. The summed E-state index contributed by atoms with van der Waals surface area (Å²) in [5, 5.41) is 17.9. The second-order valence-electron chi connectivity index (χ2n) is 4.65. The van der Waals surface area contributed by atoms with Crippen molar-refractivity contribution in [2.45, 2.75) is 39.9 Å². The van der Waals surface area contributed by atoms with E-state index < -0.39 is 0 Å². The molecule has 4 nitrogen and oxygen atoms in total. The number of nitrogens with zero attached hydrogens (tertiary/aromatic N) is 2. The van der Waals surface area contributed by atoms with Gasteiger partial charge in [0.2, 0.25) is 0 Å². The average Bonchev–Trinajstić information content (AvgIpc) is 2.77. The van der Waals surface area contributed by atoms with Crippen LogP contribution < -0.4 is 5.32 Å². The lowest BCUT2D eigenvalue weighted by Crippen LogP contribution is -2.16. The molecule has 2 aromatic rings. The molecular formula is C15H20ClN3O. The molecule has 1 aromatic carbocycles. The first-order valence-electron chi connectivity index (χ1n) is 6.88. The average molecular weight is 294 g/mol. The summed E-state index contributed by atoms with van der Waals surface area (Å²) >= 11 is 6.35. The zero-order valence-corrected chi connectivity index (χ0v) is 12.6. The number of phenolic OH excluding ortho intramolecular Hbond substituents is 1. The van der Waals surface area contributed by atoms with Crippen molar-refractivity contribution in [3.05, 3.63) is 46.2 Å². The number of hydrogen-bond acceptors (Lipinski definition) is 3. The van der Waals surface area contributed by atoms with Crippen molar-refractivity contribution in [3.8, 4) is 5.75 Å². The van der Waals surface area contributed by atoms with Crippen LogP contribution >= 0.6 is 11.6 Å². The van der Waals surface area contributed by atoms with Crippen LogP contribution in [0.3, 0.4) is 0 Å². The van der Waals surface area contributed by atoms with Gasteiger partial charge in [0.05, 0.1) is 16.4 Å². The van der Waals surface area contributed by atoms with E-state index in [1.54, 1.807) is 12.1 Å². The highest BCUT2D eigenvalue weighted by molar-refractivity contribution is 6.31. The fourth-order valence-electron chi connectivity index (χ4n) is 2.13. The van der Waals surface area contributed by atoms with E-state index >= 15 is 0 Å². The Morgan fingerprint density at radius 1 is 1.20 bits per heavy atom. The minimum absolute atomic E-state index is 0.286. The predicted octanol–water partition coefficient (Wildman–Crippen LogP) is 3.11. The van der Waals surface area contributed by atoms with Crippen molar-refractivity contribution in [2.24, 2.45) is 0 Å². The van der Waals surface area contributed by atoms with Gasteiger partial charge in [-0.1, -0.05) is 30.7 Å². The van der Waals surface area contributed by atoms with Gasteiger partial charge in [0.25, 0.3) is 0 Å². The quantitative estimate of drug-likeness (QED) is 0.860. The van der Waals surface area contributed by atoms with Gasteiger partial charge in [-0.2, -0.15) is 5.10 Å². The first-order chi connectivity index (χ1) is 9.65. The van der Waals surface area contributed by atoms with Crippen molar-refractivity contribution in [1.29, 1.82) is 0 Å². The maximum Gasteiger partial charge on any atom is 0.115 e. The lowest BCUT2D eigenvalue weighted by Gasteiger charge is -2.07. The van der Waals surface area contributed by atoms with Crippen LogP contribution in [-0.4, -0.2) is 14.9 Å². The second-order valence-corrected chi connectivity index (χ2v) is 5.02. The third kappa shape index (κ3) is 3.32. The van der Waals surface area contributed by atoms with Crippen LogP contribution in [0.5, 0.6) is 5.75 Å². The zero-order chi connectivity index (χ0) is 14.5. The van der Waals surface area contributed by atoms with Gasteiger partial charge in [0.1, 0.15) is 5.75 Å². The maximum atomic E-state index is 9.25. The molecule has 0 aliphatic carbocycles. The Labute approximate surface area is 124 Å². The predicted molar refractivity (Wildman–Crippen MR) is 80.9 cm³/mol. The van der Waals surface area contributed by atoms with Gasteiger partial charge in [0, 0.05) is 19.6 Å². The fraction of sp³-hybridized carbons (Fsp3) is 0.400. The molecule has 0 atom stereocenters. The molecule has 0 saturated carbocycles. The lowest BCUT2D eigenvalue weighted by atomic mass is 10.2. The van der Waals surface area contributed by atoms with E-state index in [9.17, 15) is 5.11 Å². The van der Waals surface area contributed by atoms with Gasteiger partial charge in [-0.15, -0.1) is 0 Å². The highest BCUT2D eigenvalue weighted by Gasteiger charge is 2.13. The van der Waals surface area contributed by atoms with Crippen LogP contribution in [0.25, 0.3) is 0 Å². The van der Waals surface area contributed by atoms with Crippen molar-refractivity contribution in [3.63, 3.8) is 0 Å². The van der Waals surface area contributed by atoms with Crippen molar-refractivity contribution in [2.75, 3.05) is 0 Å². The third-order valence-corrected chi connectivity index (χ3v) is 3.69. The van der Waals surface area contributed by atoms with E-state index in [2.05, 4.69) is 24.3 Å². The Bertz CT molecular complexity index is 563. The molecule has 108 valence electrons. The molecule has 20 heavy (non-hydrogen) atoms. The summed E-state index contributed by atoms with van der Waals surface area (Å²) in [5.41, 5.74) is 3.11. The second kappa shape index (κ2) is 6.77. The van der Waals surface area contributed by atoms with Gasteiger partial charge < -0.3 is 10.4 Å². The molecule has 0 aliphatic heterocycles. The molecule has 0 amide bonds. The fourth-order valence-corrected chi connectivity index (χ4v) is 2.46. The Balaban J connectivity index is 2.00. The summed E-state index contributed by atoms with van der Waals surface area (Å²) in [4.78, 5) is 0. The summed E-state index contributed by atoms with van der Waals surface area (Å²) in [6.07, 6.45) is 0.844. The number of aromatic hydroxyl groups is 1. The normalized spacial score (nSPS) is 10.9. The zero-order valence-electron chi connectivity index (χ0n) is 11.9. The van der Waals surface area contributed by atoms with E-state index in [0.717, 1.165) is 41.5 Å². The largest absolute Gasteiger partial charge is 0.508 e. The van der Waals surface area contributed by atoms with Gasteiger partial charge in [-0.05, 0) is 31.0 Å². The van der Waals surface area contributed by atoms with E-state index in [-0.39, 0.29) is 5.75 Å². The van der Waals surface area contributed by atoms with Crippen molar-refractivity contribution >= 4 is 11.6 Å². The molecule has 1 heterocycles. The van der Waals surface area contributed by atoms with Crippen LogP contribution in [0.1, 0.15) is 30.8 Å². The molecule has 0 bridgehead atoms. The molecular weight excluding hydrogens is 274 g/mol. The van der Waals surface area contributed by atoms with E-state index in [0.29, 0.717) is 6.54 Å². The summed E-state index contributed by atoms with van der Waals surface area (Å²) in [7, 11) is 0. The Kier molecular flexibility index (Phi) is 5.04. The molecule has 0 saturated heterocycles. The number of rotatable bonds is 6. The SMILES string of the molecule is CCc1nn(CC)c(CNCc2ccc(O)cc2)c1Cl. The van der Waals surface area contributed by atoms with Crippen LogP contribution in [0.4, 0.5) is 0 Å². The van der Waals surface area contributed by atoms with E-state index in [1.807, 2.05) is 16.8 Å². The maximum absolute atomic E-state index is 9.25. The van der Waals surface area contributed by atoms with Gasteiger partial charge in [-0.3, -0.25) is 4.68 Å².